The Bertz CT molecular complexity index is 201. The average molecular weight is 168 g/mol. The van der Waals surface area contributed by atoms with Gasteiger partial charge in [0.1, 0.15) is 0 Å². The van der Waals surface area contributed by atoms with Crippen molar-refractivity contribution in [1.82, 2.24) is 0 Å². The molecule has 0 saturated carbocycles. The molecule has 1 aromatic heterocycles. The maximum atomic E-state index is 5.42. The molecule has 11 heavy (non-hydrogen) atoms. The normalized spacial score (nSPS) is 10.6. The third-order valence-corrected chi connectivity index (χ3v) is 2.04. The lowest BCUT2D eigenvalue weighted by Crippen LogP contribution is -1.92. The first-order valence-corrected chi connectivity index (χ1v) is 4.59. The summed E-state index contributed by atoms with van der Waals surface area (Å²) in [4.78, 5) is 0. The van der Waals surface area contributed by atoms with Crippen LogP contribution in [0.1, 0.15) is 13.3 Å². The van der Waals surface area contributed by atoms with Gasteiger partial charge in [-0.1, -0.05) is 12.2 Å². The van der Waals surface area contributed by atoms with Crippen LogP contribution in [0.15, 0.2) is 29.7 Å². The van der Waals surface area contributed by atoms with E-state index < -0.39 is 0 Å². The first kappa shape index (κ1) is 8.34. The van der Waals surface area contributed by atoms with Gasteiger partial charge in [0.15, 0.2) is 5.06 Å². The average Bonchev–Trinajstić information content (AvgIpc) is 2.50. The van der Waals surface area contributed by atoms with Crippen LogP contribution in [0.25, 0.3) is 0 Å². The van der Waals surface area contributed by atoms with Gasteiger partial charge in [0, 0.05) is 0 Å². The highest BCUT2D eigenvalue weighted by atomic mass is 32.1. The summed E-state index contributed by atoms with van der Waals surface area (Å²) in [5, 5.41) is 3.03. The molecule has 0 spiro atoms. The Kier molecular flexibility index (Phi) is 3.76. The lowest BCUT2D eigenvalue weighted by atomic mass is 10.4. The predicted octanol–water partition coefficient (Wildman–Crippen LogP) is 3.09. The van der Waals surface area contributed by atoms with E-state index in [0.29, 0.717) is 0 Å². The van der Waals surface area contributed by atoms with Gasteiger partial charge >= 0.3 is 0 Å². The van der Waals surface area contributed by atoms with Crippen molar-refractivity contribution in [2.24, 2.45) is 0 Å². The van der Waals surface area contributed by atoms with Crippen LogP contribution in [0, 0.1) is 0 Å². The number of thiophene rings is 1. The Morgan fingerprint density at radius 2 is 2.55 bits per heavy atom. The van der Waals surface area contributed by atoms with E-state index in [2.05, 4.69) is 6.08 Å². The van der Waals surface area contributed by atoms with Gasteiger partial charge in [-0.2, -0.15) is 0 Å². The summed E-state index contributed by atoms with van der Waals surface area (Å²) >= 11 is 1.63. The molecule has 0 amide bonds. The Hall–Kier alpha value is -0.760. The fraction of sp³-hybridized carbons (Fsp3) is 0.333. The van der Waals surface area contributed by atoms with Crippen LogP contribution in [-0.4, -0.2) is 6.61 Å². The summed E-state index contributed by atoms with van der Waals surface area (Å²) in [6.07, 6.45) is 5.14. The quantitative estimate of drug-likeness (QED) is 0.496. The minimum absolute atomic E-state index is 0.783. The molecule has 1 heterocycles. The molecule has 1 rings (SSSR count). The number of hydrogen-bond donors (Lipinski definition) is 0. The molecule has 60 valence electrons. The summed E-state index contributed by atoms with van der Waals surface area (Å²) in [6.45, 7) is 2.80. The van der Waals surface area contributed by atoms with E-state index >= 15 is 0 Å². The van der Waals surface area contributed by atoms with Gasteiger partial charge in [0.25, 0.3) is 0 Å². The second kappa shape index (κ2) is 4.97. The second-order valence-corrected chi connectivity index (χ2v) is 3.05. The van der Waals surface area contributed by atoms with E-state index in [1.165, 1.54) is 0 Å². The third kappa shape index (κ3) is 3.23. The van der Waals surface area contributed by atoms with Crippen LogP contribution < -0.4 is 4.74 Å². The van der Waals surface area contributed by atoms with Gasteiger partial charge in [0.2, 0.25) is 0 Å². The van der Waals surface area contributed by atoms with Crippen LogP contribution in [0.4, 0.5) is 0 Å². The zero-order chi connectivity index (χ0) is 7.94. The number of allylic oxidation sites excluding steroid dienone is 1. The second-order valence-electron chi connectivity index (χ2n) is 2.14. The summed E-state index contributed by atoms with van der Waals surface area (Å²) in [5.74, 6) is 0. The first-order valence-electron chi connectivity index (χ1n) is 3.71. The molecule has 1 nitrogen and oxygen atoms in total. The van der Waals surface area contributed by atoms with E-state index in [1.807, 2.05) is 30.5 Å². The number of ether oxygens (including phenoxy) is 1. The highest BCUT2D eigenvalue weighted by molar-refractivity contribution is 7.11. The molecule has 0 fully saturated rings. The minimum Gasteiger partial charge on any atom is -0.484 e. The lowest BCUT2D eigenvalue weighted by molar-refractivity contribution is 0.334. The summed E-state index contributed by atoms with van der Waals surface area (Å²) in [7, 11) is 0. The molecule has 1 aromatic rings. The predicted molar refractivity (Wildman–Crippen MR) is 49.2 cm³/mol. The van der Waals surface area contributed by atoms with Crippen molar-refractivity contribution >= 4 is 11.3 Å². The van der Waals surface area contributed by atoms with Crippen molar-refractivity contribution in [3.8, 4) is 5.06 Å². The molecule has 0 aliphatic rings. The summed E-state index contributed by atoms with van der Waals surface area (Å²) in [5.41, 5.74) is 0. The molecule has 0 atom stereocenters. The standard InChI is InChI=1S/C9H12OS/c1-2-3-4-7-10-9-6-5-8-11-9/h2-3,5-6,8H,4,7H2,1H3. The maximum Gasteiger partial charge on any atom is 0.173 e. The highest BCUT2D eigenvalue weighted by Crippen LogP contribution is 2.17. The Morgan fingerprint density at radius 1 is 1.64 bits per heavy atom. The van der Waals surface area contributed by atoms with Crippen LogP contribution in [0.3, 0.4) is 0 Å². The Morgan fingerprint density at radius 3 is 3.18 bits per heavy atom. The topological polar surface area (TPSA) is 9.23 Å². The largest absolute Gasteiger partial charge is 0.484 e. The van der Waals surface area contributed by atoms with Crippen molar-refractivity contribution in [2.75, 3.05) is 6.61 Å². The van der Waals surface area contributed by atoms with Gasteiger partial charge in [-0.25, -0.2) is 0 Å². The van der Waals surface area contributed by atoms with Crippen LogP contribution in [-0.2, 0) is 0 Å². The fourth-order valence-electron chi connectivity index (χ4n) is 0.740. The van der Waals surface area contributed by atoms with Crippen molar-refractivity contribution in [1.29, 1.82) is 0 Å². The molecule has 0 radical (unpaired) electrons. The zero-order valence-corrected chi connectivity index (χ0v) is 7.43. The van der Waals surface area contributed by atoms with Crippen LogP contribution in [0.2, 0.25) is 0 Å². The van der Waals surface area contributed by atoms with Gasteiger partial charge in [-0.15, -0.1) is 11.3 Å². The molecule has 0 saturated heterocycles. The molecular formula is C9H12OS. The SMILES string of the molecule is CC=CCCOc1cccs1. The van der Waals surface area contributed by atoms with E-state index in [-0.39, 0.29) is 0 Å². The highest BCUT2D eigenvalue weighted by Gasteiger charge is 1.90. The van der Waals surface area contributed by atoms with Gasteiger partial charge in [-0.05, 0) is 30.9 Å². The first-order chi connectivity index (χ1) is 5.43. The molecule has 0 aromatic carbocycles. The van der Waals surface area contributed by atoms with Crippen molar-refractivity contribution in [3.63, 3.8) is 0 Å². The molecule has 0 aliphatic carbocycles. The van der Waals surface area contributed by atoms with E-state index in [9.17, 15) is 0 Å². The molecule has 2 heteroatoms. The fourth-order valence-corrected chi connectivity index (χ4v) is 1.34. The van der Waals surface area contributed by atoms with Crippen molar-refractivity contribution in [2.45, 2.75) is 13.3 Å². The van der Waals surface area contributed by atoms with Crippen LogP contribution in [0.5, 0.6) is 5.06 Å². The van der Waals surface area contributed by atoms with Crippen molar-refractivity contribution < 1.29 is 4.74 Å². The lowest BCUT2D eigenvalue weighted by Gasteiger charge is -1.98. The molecule has 0 unspecified atom stereocenters. The molecule has 0 aliphatic heterocycles. The van der Waals surface area contributed by atoms with Crippen LogP contribution >= 0.6 is 11.3 Å². The number of rotatable bonds is 4. The van der Waals surface area contributed by atoms with E-state index in [1.54, 1.807) is 11.3 Å². The smallest absolute Gasteiger partial charge is 0.173 e. The third-order valence-electron chi connectivity index (χ3n) is 1.26. The van der Waals surface area contributed by atoms with Gasteiger partial charge < -0.3 is 4.74 Å². The summed E-state index contributed by atoms with van der Waals surface area (Å²) in [6, 6.07) is 3.98. The van der Waals surface area contributed by atoms with E-state index in [4.69, 9.17) is 4.74 Å². The molecular weight excluding hydrogens is 156 g/mol. The van der Waals surface area contributed by atoms with E-state index in [0.717, 1.165) is 18.1 Å². The maximum absolute atomic E-state index is 5.42. The molecule has 0 bridgehead atoms. The number of hydrogen-bond acceptors (Lipinski definition) is 2. The van der Waals surface area contributed by atoms with Gasteiger partial charge in [0.05, 0.1) is 6.61 Å². The van der Waals surface area contributed by atoms with Gasteiger partial charge in [-0.3, -0.25) is 0 Å². The summed E-state index contributed by atoms with van der Waals surface area (Å²) < 4.78 is 5.42. The minimum atomic E-state index is 0.783. The Labute approximate surface area is 71.3 Å². The Balaban J connectivity index is 2.14. The van der Waals surface area contributed by atoms with Crippen molar-refractivity contribution in [3.05, 3.63) is 29.7 Å². The monoisotopic (exact) mass is 168 g/mol. The zero-order valence-electron chi connectivity index (χ0n) is 6.62. The molecule has 0 N–H and O–H groups in total.